The first-order chi connectivity index (χ1) is 67.2. The van der Waals surface area contributed by atoms with Gasteiger partial charge in [0, 0.05) is 11.6 Å². The van der Waals surface area contributed by atoms with Crippen molar-refractivity contribution < 1.29 is 74.7 Å². The van der Waals surface area contributed by atoms with Crippen LogP contribution in [-0.4, -0.2) is 86.6 Å². The van der Waals surface area contributed by atoms with Crippen molar-refractivity contribution in [3.8, 4) is 86.2 Å². The molecule has 0 heterocycles. The van der Waals surface area contributed by atoms with Crippen molar-refractivity contribution in [2.75, 3.05) is 35.5 Å². The minimum absolute atomic E-state index is 0.00514. The van der Waals surface area contributed by atoms with Crippen molar-refractivity contribution in [1.29, 1.82) is 0 Å². The molecule has 0 atom stereocenters. The second-order valence-electron chi connectivity index (χ2n) is 50.5. The number of ether oxygens (including phenoxy) is 5. The van der Waals surface area contributed by atoms with Crippen molar-refractivity contribution in [3.05, 3.63) is 336 Å². The van der Waals surface area contributed by atoms with Crippen LogP contribution in [0.25, 0.3) is 0 Å². The molecule has 816 valence electrons. The van der Waals surface area contributed by atoms with E-state index in [1.807, 2.05) is 145 Å². The predicted octanol–water partition coefficient (Wildman–Crippen LogP) is 35.4. The number of aromatic hydroxyl groups is 10. The number of phenols is 10. The van der Waals surface area contributed by atoms with Gasteiger partial charge >= 0.3 is 0 Å². The molecule has 10 N–H and O–H groups in total. The number of benzene rings is 12. The maximum Gasteiger partial charge on any atom is 0.161 e. The summed E-state index contributed by atoms with van der Waals surface area (Å²) in [6.45, 7) is 93.4. The molecule has 0 spiro atoms. The summed E-state index contributed by atoms with van der Waals surface area (Å²) >= 11 is 0. The zero-order valence-electron chi connectivity index (χ0n) is 100. The minimum Gasteiger partial charge on any atom is -0.508 e. The fraction of sp³-hybridized carbons (Fsp3) is 0.459. The van der Waals surface area contributed by atoms with Gasteiger partial charge in [-0.2, -0.15) is 0 Å². The Morgan fingerprint density at radius 1 is 0.169 bits per heavy atom. The molecule has 12 rings (SSSR count). The van der Waals surface area contributed by atoms with E-state index >= 15 is 0 Å². The van der Waals surface area contributed by atoms with Crippen LogP contribution in [-0.2, 0) is 65.0 Å². The Bertz CT molecular complexity index is 5740. The topological polar surface area (TPSA) is 248 Å². The molecule has 0 amide bonds. The molecule has 0 aliphatic rings. The standard InChI is InChI=1S/C13H20O.2C12H18O2.C12H18O.C12H18.2C11H16O.2C10H14O2.3C10H14O/c1-9-7-11(13(3,4)5)8-12(14-6)10(9)2;1-8-6-9(12(2,3)4)7-10(14-5)11(8)13;1-12(2,3)10-8-9(13-4)6-7-11(10)14-5;1-9-7-6-8-10(11(9)13-5)12(2,3)4;1-9-6-7-11(8-10(9)2)12(3,4)5;1-8-7-9(11(2,3)4)5-6-10(8)12;1-8-5-6-9(7-10(8)12)11(2,3)4;1-10(2,3)8-5-4-7(11)6-9(8)12;1-10(2,3)7-4-5-8(11)9(12)6-7;1-10(2,3)8-4-6-9(11)7-5-8;1-10(2,3)8-5-4-6-9(11)7-8;1-10(2,3)8-6-4-5-7-9(8)11/h7-8H,1-6H3;6-7,13H,1-5H3;6-8H,1-5H3;6-8H,1-5H3;6-8H,1-5H3;2*5-7,12H,1-4H3;2*4-6,11-12H,1-3H3;3*4-7,11H,1-3H3. The van der Waals surface area contributed by atoms with Gasteiger partial charge < -0.3 is 74.7 Å². The normalized spacial score (nSPS) is 11.5. The van der Waals surface area contributed by atoms with Crippen molar-refractivity contribution >= 4 is 0 Å². The number of methoxy groups -OCH3 is 5. The van der Waals surface area contributed by atoms with Crippen LogP contribution in [0.1, 0.15) is 361 Å². The average molecular weight is 2030 g/mol. The Kier molecular flexibility index (Phi) is 50.9. The van der Waals surface area contributed by atoms with E-state index in [0.717, 1.165) is 61.9 Å². The summed E-state index contributed by atoms with van der Waals surface area (Å²) in [6.07, 6.45) is 0. The van der Waals surface area contributed by atoms with Gasteiger partial charge in [-0.15, -0.1) is 0 Å². The van der Waals surface area contributed by atoms with Gasteiger partial charge in [-0.1, -0.05) is 377 Å². The third kappa shape index (κ3) is 46.6. The molecule has 148 heavy (non-hydrogen) atoms. The first-order valence-electron chi connectivity index (χ1n) is 51.2. The van der Waals surface area contributed by atoms with Crippen molar-refractivity contribution in [2.45, 2.75) is 370 Å². The number of para-hydroxylation sites is 2. The van der Waals surface area contributed by atoms with Crippen LogP contribution in [0.15, 0.2) is 224 Å². The number of hydrogen-bond donors (Lipinski definition) is 10. The molecule has 0 fully saturated rings. The second kappa shape index (κ2) is 56.3. The predicted molar refractivity (Wildman–Crippen MR) is 629 cm³/mol. The van der Waals surface area contributed by atoms with Crippen LogP contribution < -0.4 is 23.7 Å². The molecular formula is C133H194O15. The van der Waals surface area contributed by atoms with Gasteiger partial charge in [-0.3, -0.25) is 0 Å². The van der Waals surface area contributed by atoms with Crippen LogP contribution in [0.4, 0.5) is 0 Å². The average Bonchev–Trinajstić information content (AvgIpc) is 0.832. The second-order valence-corrected chi connectivity index (χ2v) is 50.5. The highest BCUT2D eigenvalue weighted by molar-refractivity contribution is 5.52. The van der Waals surface area contributed by atoms with E-state index in [2.05, 4.69) is 318 Å². The third-order valence-corrected chi connectivity index (χ3v) is 24.8. The van der Waals surface area contributed by atoms with E-state index in [-0.39, 0.29) is 93.7 Å². The number of aryl methyl sites for hydroxylation is 7. The Hall–Kier alpha value is -12.4. The highest BCUT2D eigenvalue weighted by Crippen LogP contribution is 2.42. The van der Waals surface area contributed by atoms with Gasteiger partial charge in [-0.05, 0) is 317 Å². The molecule has 15 nitrogen and oxygen atoms in total. The maximum absolute atomic E-state index is 9.66. The Morgan fingerprint density at radius 2 is 0.527 bits per heavy atom. The number of hydrogen-bond acceptors (Lipinski definition) is 15. The van der Waals surface area contributed by atoms with Crippen LogP contribution in [0.3, 0.4) is 0 Å². The molecule has 0 aliphatic heterocycles. The first-order valence-corrected chi connectivity index (χ1v) is 51.2. The van der Waals surface area contributed by atoms with E-state index in [1.54, 1.807) is 90.1 Å². The Labute approximate surface area is 896 Å². The summed E-state index contributed by atoms with van der Waals surface area (Å²) in [5.41, 5.74) is 24.6. The molecule has 0 aliphatic carbocycles. The molecule has 0 radical (unpaired) electrons. The molecule has 0 saturated heterocycles. The monoisotopic (exact) mass is 2030 g/mol. The van der Waals surface area contributed by atoms with E-state index in [1.165, 1.54) is 84.5 Å². The van der Waals surface area contributed by atoms with Crippen LogP contribution >= 0.6 is 0 Å². The van der Waals surface area contributed by atoms with E-state index < -0.39 is 0 Å². The van der Waals surface area contributed by atoms with Crippen LogP contribution in [0, 0.1) is 55.4 Å². The minimum atomic E-state index is -0.0855. The molecule has 0 saturated carbocycles. The number of rotatable bonds is 5. The zero-order valence-corrected chi connectivity index (χ0v) is 100. The lowest BCUT2D eigenvalue weighted by Gasteiger charge is -2.23. The molecule has 12 aromatic carbocycles. The highest BCUT2D eigenvalue weighted by atomic mass is 16.5. The van der Waals surface area contributed by atoms with E-state index in [9.17, 15) is 35.7 Å². The molecule has 15 heteroatoms. The maximum atomic E-state index is 9.66. The summed E-state index contributed by atoms with van der Waals surface area (Å²) in [6, 6.07) is 70.6. The molecule has 0 bridgehead atoms. The van der Waals surface area contributed by atoms with E-state index in [4.69, 9.17) is 39.0 Å². The quantitative estimate of drug-likeness (QED) is 0.0720. The van der Waals surface area contributed by atoms with Gasteiger partial charge in [0.25, 0.3) is 0 Å². The smallest absolute Gasteiger partial charge is 0.161 e. The molecular weight excluding hydrogens is 1840 g/mol. The summed E-state index contributed by atoms with van der Waals surface area (Å²) < 4.78 is 26.4. The zero-order chi connectivity index (χ0) is 115. The molecule has 0 aromatic heterocycles. The van der Waals surface area contributed by atoms with Crippen LogP contribution in [0.5, 0.6) is 86.2 Å². The van der Waals surface area contributed by atoms with Gasteiger partial charge in [0.2, 0.25) is 0 Å². The summed E-state index contributed by atoms with van der Waals surface area (Å²) in [5.74, 6) is 6.56. The fourth-order valence-corrected chi connectivity index (χ4v) is 14.3. The Morgan fingerprint density at radius 3 is 0.899 bits per heavy atom. The lowest BCUT2D eigenvalue weighted by molar-refractivity contribution is 0.370. The Balaban J connectivity index is 0.000000808. The summed E-state index contributed by atoms with van der Waals surface area (Å²) in [4.78, 5) is 0. The van der Waals surface area contributed by atoms with Crippen LogP contribution in [0.2, 0.25) is 0 Å². The lowest BCUT2D eigenvalue weighted by Crippen LogP contribution is -2.13. The fourth-order valence-electron chi connectivity index (χ4n) is 14.3. The first kappa shape index (κ1) is 134. The lowest BCUT2D eigenvalue weighted by atomic mass is 9.85. The van der Waals surface area contributed by atoms with E-state index in [0.29, 0.717) is 34.5 Å². The molecule has 0 unspecified atom stereocenters. The van der Waals surface area contributed by atoms with Crippen molar-refractivity contribution in [2.24, 2.45) is 0 Å². The summed E-state index contributed by atoms with van der Waals surface area (Å²) in [7, 11) is 8.40. The van der Waals surface area contributed by atoms with Gasteiger partial charge in [-0.25, -0.2) is 0 Å². The summed E-state index contributed by atoms with van der Waals surface area (Å²) in [5, 5.41) is 92.9. The largest absolute Gasteiger partial charge is 0.508 e. The third-order valence-electron chi connectivity index (χ3n) is 24.8. The van der Waals surface area contributed by atoms with Crippen molar-refractivity contribution in [3.63, 3.8) is 0 Å². The molecule has 12 aromatic rings. The van der Waals surface area contributed by atoms with Crippen molar-refractivity contribution in [1.82, 2.24) is 0 Å². The SMILES string of the molecule is CC(C)(C)c1ccc(O)c(O)c1.CC(C)(C)c1ccc(O)cc1.CC(C)(C)c1ccc(O)cc1O.CC(C)(C)c1cccc(O)c1.CC(C)(C)c1ccccc1O.COc1c(C)cccc1C(C)(C)C.COc1cc(C(C)(C)C)cc(C)c1C.COc1cc(C(C)(C)C)cc(C)c1O.COc1ccc(OC)c(C(C)(C)C)c1.Cc1cc(C(C)(C)C)ccc1O.Cc1ccc(C(C)(C)C)cc1C.Cc1ccc(C(C)(C)C)cc1O. The number of phenolic OH excluding ortho intramolecular Hbond substituents is 10. The van der Waals surface area contributed by atoms with Gasteiger partial charge in [0.15, 0.2) is 23.0 Å². The van der Waals surface area contributed by atoms with Gasteiger partial charge in [0.1, 0.15) is 63.2 Å². The highest BCUT2D eigenvalue weighted by Gasteiger charge is 2.26. The van der Waals surface area contributed by atoms with Gasteiger partial charge in [0.05, 0.1) is 35.5 Å².